The molecule has 0 N–H and O–H groups in total. The molecule has 0 saturated carbocycles. The summed E-state index contributed by atoms with van der Waals surface area (Å²) in [5, 5.41) is 2.53. The monoisotopic (exact) mass is 254 g/mol. The van der Waals surface area contributed by atoms with E-state index in [1.807, 2.05) is 12.7 Å². The minimum Gasteiger partial charge on any atom is -0.538 e. The van der Waals surface area contributed by atoms with Gasteiger partial charge in [-0.05, 0) is 0 Å². The fourth-order valence-corrected chi connectivity index (χ4v) is 4.83. The minimum absolute atomic E-state index is 0. The normalized spacial score (nSPS) is 10.3. The van der Waals surface area contributed by atoms with Gasteiger partial charge in [0.15, 0.2) is 0 Å². The molecule has 0 atom stereocenters. The molecule has 0 aliphatic rings. The van der Waals surface area contributed by atoms with Gasteiger partial charge in [-0.15, -0.1) is 12.1 Å². The molecule has 0 aliphatic carbocycles. The molecule has 1 aromatic carbocycles. The maximum absolute atomic E-state index is 6.06. The minimum atomic E-state index is -1.07. The van der Waals surface area contributed by atoms with E-state index in [9.17, 15) is 0 Å². The van der Waals surface area contributed by atoms with Gasteiger partial charge in [0.05, 0.1) is 0 Å². The molecule has 0 heterocycles. The van der Waals surface area contributed by atoms with Gasteiger partial charge in [-0.25, -0.2) is 0 Å². The molecule has 94 valence electrons. The summed E-state index contributed by atoms with van der Waals surface area (Å²) in [5.74, 6) is 1.49. The molecular formula is C15H24AlLiO. The third-order valence-electron chi connectivity index (χ3n) is 2.66. The van der Waals surface area contributed by atoms with Crippen LogP contribution in [0.3, 0.4) is 0 Å². The van der Waals surface area contributed by atoms with E-state index < -0.39 is 14.5 Å². The third-order valence-corrected chi connectivity index (χ3v) is 6.12. The topological polar surface area (TPSA) is 9.23 Å². The van der Waals surface area contributed by atoms with Gasteiger partial charge in [-0.2, -0.15) is 17.7 Å². The van der Waals surface area contributed by atoms with Crippen LogP contribution in [0.4, 0.5) is 0 Å². The molecule has 3 heteroatoms. The van der Waals surface area contributed by atoms with Crippen LogP contribution in [0, 0.1) is 18.4 Å². The fraction of sp³-hybridized carbons (Fsp3) is 0.533. The van der Waals surface area contributed by atoms with Crippen LogP contribution < -0.4 is 18.9 Å². The zero-order valence-corrected chi connectivity index (χ0v) is 13.7. The smallest absolute Gasteiger partial charge is 0.538 e. The van der Waals surface area contributed by atoms with Crippen LogP contribution in [-0.4, -0.2) is 14.5 Å². The molecule has 1 aromatic rings. The van der Waals surface area contributed by atoms with Crippen molar-refractivity contribution >= 4 is 14.5 Å². The van der Waals surface area contributed by atoms with Gasteiger partial charge < -0.3 is 3.79 Å². The average Bonchev–Trinajstić information content (AvgIpc) is 2.26. The maximum atomic E-state index is 6.06. The SMILES string of the molecule is CC(C)[CH2][Al]([CH2]C(C)C)[O][CH-]c1ccccc1.[Li+]. The Morgan fingerprint density at radius 1 is 1.00 bits per heavy atom. The summed E-state index contributed by atoms with van der Waals surface area (Å²) >= 11 is -1.07. The van der Waals surface area contributed by atoms with Crippen molar-refractivity contribution in [3.05, 3.63) is 42.5 Å². The first-order valence-electron chi connectivity index (χ1n) is 6.61. The molecule has 0 aromatic heterocycles. The summed E-state index contributed by atoms with van der Waals surface area (Å²) in [6.45, 7) is 11.1. The molecule has 18 heavy (non-hydrogen) atoms. The van der Waals surface area contributed by atoms with E-state index in [0.717, 1.165) is 11.8 Å². The predicted octanol–water partition coefficient (Wildman–Crippen LogP) is 1.52. The summed E-state index contributed by atoms with van der Waals surface area (Å²) in [5.41, 5.74) is 1.18. The molecule has 0 spiro atoms. The van der Waals surface area contributed by atoms with Crippen LogP contribution in [0.25, 0.3) is 0 Å². The quantitative estimate of drug-likeness (QED) is 0.529. The first kappa shape index (κ1) is 18.2. The zero-order chi connectivity index (χ0) is 12.7. The molecule has 0 unspecified atom stereocenters. The molecule has 0 radical (unpaired) electrons. The standard InChI is InChI=1S/C7H6O.2C4H9.Al.Li/c8-6-7-4-2-1-3-5-7;2*1-4(2)3;;/h1-6H;2*4H,1H2,2-3H3;;/q-2;;;2*+1. The molecule has 1 rings (SSSR count). The van der Waals surface area contributed by atoms with Crippen molar-refractivity contribution in [3.63, 3.8) is 0 Å². The summed E-state index contributed by atoms with van der Waals surface area (Å²) < 4.78 is 6.06. The molecule has 0 bridgehead atoms. The van der Waals surface area contributed by atoms with Gasteiger partial charge in [0.1, 0.15) is 0 Å². The largest absolute Gasteiger partial charge is 1.00 e. The van der Waals surface area contributed by atoms with Gasteiger partial charge >= 0.3 is 33.3 Å². The Bertz CT molecular complexity index is 291. The van der Waals surface area contributed by atoms with Gasteiger partial charge in [0.2, 0.25) is 0 Å². The van der Waals surface area contributed by atoms with Crippen LogP contribution in [0.1, 0.15) is 33.3 Å². The Hall–Kier alpha value is 0.180. The Labute approximate surface area is 129 Å². The van der Waals surface area contributed by atoms with Crippen molar-refractivity contribution in [2.75, 3.05) is 0 Å². The summed E-state index contributed by atoms with van der Waals surface area (Å²) in [6.07, 6.45) is 0. The van der Waals surface area contributed by atoms with E-state index in [-0.39, 0.29) is 18.9 Å². The first-order valence-corrected chi connectivity index (χ1v) is 8.72. The second-order valence-electron chi connectivity index (χ2n) is 5.55. The van der Waals surface area contributed by atoms with Gasteiger partial charge in [0.25, 0.3) is 0 Å². The van der Waals surface area contributed by atoms with Crippen molar-refractivity contribution in [2.45, 2.75) is 38.3 Å². The molecule has 1 nitrogen and oxygen atoms in total. The van der Waals surface area contributed by atoms with Crippen LogP contribution in [0.15, 0.2) is 30.3 Å². The number of benzene rings is 1. The van der Waals surface area contributed by atoms with Crippen LogP contribution in [0.5, 0.6) is 0 Å². The molecule has 0 saturated heterocycles. The van der Waals surface area contributed by atoms with E-state index >= 15 is 0 Å². The van der Waals surface area contributed by atoms with Crippen molar-refractivity contribution in [1.82, 2.24) is 0 Å². The molecule has 0 aliphatic heterocycles. The zero-order valence-electron chi connectivity index (χ0n) is 12.5. The van der Waals surface area contributed by atoms with Crippen molar-refractivity contribution < 1.29 is 22.6 Å². The average molecular weight is 254 g/mol. The summed E-state index contributed by atoms with van der Waals surface area (Å²) in [6, 6.07) is 10.3. The van der Waals surface area contributed by atoms with E-state index in [4.69, 9.17) is 3.79 Å². The number of hydrogen-bond donors (Lipinski definition) is 0. The van der Waals surface area contributed by atoms with Gasteiger partial charge in [-0.3, -0.25) is 0 Å². The van der Waals surface area contributed by atoms with Gasteiger partial charge in [0, 0.05) is 0 Å². The molecule has 0 amide bonds. The Morgan fingerprint density at radius 3 is 1.94 bits per heavy atom. The fourth-order valence-electron chi connectivity index (χ4n) is 1.97. The Kier molecular flexibility index (Phi) is 10.1. The Balaban J connectivity index is 0.00000289. The van der Waals surface area contributed by atoms with Crippen molar-refractivity contribution in [2.24, 2.45) is 11.8 Å². The van der Waals surface area contributed by atoms with Crippen LogP contribution in [-0.2, 0) is 3.79 Å². The second-order valence-corrected chi connectivity index (χ2v) is 8.00. The van der Waals surface area contributed by atoms with E-state index in [1.54, 1.807) is 0 Å². The van der Waals surface area contributed by atoms with Crippen LogP contribution in [0.2, 0.25) is 10.6 Å². The van der Waals surface area contributed by atoms with Crippen LogP contribution >= 0.6 is 0 Å². The first-order chi connectivity index (χ1) is 8.08. The van der Waals surface area contributed by atoms with E-state index in [1.165, 1.54) is 16.1 Å². The summed E-state index contributed by atoms with van der Waals surface area (Å²) in [7, 11) is 0. The maximum Gasteiger partial charge on any atom is 1.00 e. The molecule has 0 fully saturated rings. The third kappa shape index (κ3) is 8.31. The van der Waals surface area contributed by atoms with Crippen molar-refractivity contribution in [3.8, 4) is 0 Å². The summed E-state index contributed by atoms with van der Waals surface area (Å²) in [4.78, 5) is 0. The number of hydrogen-bond acceptors (Lipinski definition) is 1. The van der Waals surface area contributed by atoms with Crippen molar-refractivity contribution in [1.29, 1.82) is 0 Å². The van der Waals surface area contributed by atoms with E-state index in [0.29, 0.717) is 0 Å². The van der Waals surface area contributed by atoms with Gasteiger partial charge in [-0.1, -0.05) is 62.8 Å². The molecular weight excluding hydrogens is 230 g/mol. The number of rotatable bonds is 7. The van der Waals surface area contributed by atoms with E-state index in [2.05, 4.69) is 52.0 Å². The Morgan fingerprint density at radius 2 is 1.50 bits per heavy atom. The second kappa shape index (κ2) is 10.0. The predicted molar refractivity (Wildman–Crippen MR) is 76.0 cm³/mol.